The summed E-state index contributed by atoms with van der Waals surface area (Å²) in [5, 5.41) is 10.9. The summed E-state index contributed by atoms with van der Waals surface area (Å²) < 4.78 is 1.94. The van der Waals surface area contributed by atoms with Gasteiger partial charge in [0.25, 0.3) is 11.5 Å². The molecule has 2 aliphatic rings. The molecule has 0 unspecified atom stereocenters. The van der Waals surface area contributed by atoms with Crippen LogP contribution < -0.4 is 26.4 Å². The third-order valence-corrected chi connectivity index (χ3v) is 9.16. The summed E-state index contributed by atoms with van der Waals surface area (Å²) in [6.07, 6.45) is 1.76. The Morgan fingerprint density at radius 3 is 2.55 bits per heavy atom. The van der Waals surface area contributed by atoms with Gasteiger partial charge in [-0.3, -0.25) is 9.59 Å². The summed E-state index contributed by atoms with van der Waals surface area (Å²) in [7, 11) is 0. The number of rotatable bonds is 7. The number of aromatic nitrogens is 1. The second-order valence-corrected chi connectivity index (χ2v) is 12.7. The van der Waals surface area contributed by atoms with Crippen molar-refractivity contribution < 1.29 is 4.79 Å². The van der Waals surface area contributed by atoms with Crippen LogP contribution in [0.15, 0.2) is 83.7 Å². The fourth-order valence-electron chi connectivity index (χ4n) is 6.32. The van der Waals surface area contributed by atoms with Crippen molar-refractivity contribution in [2.75, 3.05) is 35.2 Å². The minimum atomic E-state index is -0.148. The number of amides is 1. The van der Waals surface area contributed by atoms with Gasteiger partial charge in [0.1, 0.15) is 0 Å². The molecule has 1 saturated heterocycles. The number of nitrogens with one attached hydrogen (secondary N) is 3. The molecule has 1 amide bonds. The standard InChI is InChI=1S/C35H36ClN5O2S/c1-22-6-12-29(16-23(22)2)38-35(44)39-30-18-26(34(43)37-15-14-24-7-10-28(36)11-8-24)9-13-32(30)40-19-25-17-27(21-40)31-4-3-5-33(42)41(31)20-25/h3-13,16,18,25,27H,14-15,17,19-21H2,1-2H3,(H,37,43)(H2,38,39,44)/t25-,27+/m1/s1. The monoisotopic (exact) mass is 625 g/mol. The number of carbonyl (C=O) groups is 1. The van der Waals surface area contributed by atoms with Gasteiger partial charge >= 0.3 is 0 Å². The van der Waals surface area contributed by atoms with Crippen LogP contribution >= 0.6 is 23.8 Å². The van der Waals surface area contributed by atoms with Gasteiger partial charge in [-0.15, -0.1) is 0 Å². The topological polar surface area (TPSA) is 78.4 Å². The van der Waals surface area contributed by atoms with Crippen LogP contribution in [0.2, 0.25) is 5.02 Å². The Kier molecular flexibility index (Phi) is 8.73. The van der Waals surface area contributed by atoms with E-state index in [1.165, 1.54) is 11.1 Å². The highest BCUT2D eigenvalue weighted by Gasteiger charge is 2.35. The van der Waals surface area contributed by atoms with Gasteiger partial charge in [0.2, 0.25) is 0 Å². The Bertz CT molecular complexity index is 1770. The lowest BCUT2D eigenvalue weighted by Gasteiger charge is -2.44. The fraction of sp³-hybridized carbons (Fsp3) is 0.286. The number of pyridine rings is 1. The Hall–Kier alpha value is -4.14. The van der Waals surface area contributed by atoms with Gasteiger partial charge < -0.3 is 25.4 Å². The van der Waals surface area contributed by atoms with Crippen LogP contribution in [0.1, 0.15) is 45.1 Å². The van der Waals surface area contributed by atoms with Crippen LogP contribution in [0.3, 0.4) is 0 Å². The van der Waals surface area contributed by atoms with Crippen molar-refractivity contribution in [2.24, 2.45) is 5.92 Å². The third kappa shape index (κ3) is 6.66. The smallest absolute Gasteiger partial charge is 0.251 e. The number of benzene rings is 3. The normalized spacial score (nSPS) is 17.0. The molecule has 3 aromatic carbocycles. The molecule has 0 aliphatic carbocycles. The van der Waals surface area contributed by atoms with Crippen LogP contribution in [0.5, 0.6) is 0 Å². The Labute approximate surface area is 268 Å². The fourth-order valence-corrected chi connectivity index (χ4v) is 6.68. The van der Waals surface area contributed by atoms with Crippen LogP contribution in [-0.4, -0.2) is 35.2 Å². The summed E-state index contributed by atoms with van der Waals surface area (Å²) in [6, 6.07) is 25.1. The van der Waals surface area contributed by atoms with Crippen LogP contribution in [0, 0.1) is 19.8 Å². The molecule has 7 nitrogen and oxygen atoms in total. The highest BCUT2D eigenvalue weighted by molar-refractivity contribution is 7.80. The first-order valence-corrected chi connectivity index (χ1v) is 15.8. The largest absolute Gasteiger partial charge is 0.369 e. The van der Waals surface area contributed by atoms with Crippen molar-refractivity contribution in [3.63, 3.8) is 0 Å². The lowest BCUT2D eigenvalue weighted by molar-refractivity contribution is 0.0954. The molecule has 3 N–H and O–H groups in total. The number of hydrogen-bond acceptors (Lipinski definition) is 4. The number of hydrogen-bond donors (Lipinski definition) is 3. The molecule has 2 atom stereocenters. The molecular formula is C35H36ClN5O2S. The highest BCUT2D eigenvalue weighted by atomic mass is 35.5. The minimum absolute atomic E-state index is 0.0715. The van der Waals surface area contributed by atoms with Gasteiger partial charge in [-0.25, -0.2) is 0 Å². The van der Waals surface area contributed by atoms with Crippen molar-refractivity contribution in [3.8, 4) is 0 Å². The molecule has 1 aromatic heterocycles. The minimum Gasteiger partial charge on any atom is -0.369 e. The van der Waals surface area contributed by atoms with Crippen molar-refractivity contribution in [1.82, 2.24) is 9.88 Å². The predicted octanol–water partition coefficient (Wildman–Crippen LogP) is 6.52. The number of anilines is 3. The number of aryl methyl sites for hydroxylation is 2. The third-order valence-electron chi connectivity index (χ3n) is 8.70. The summed E-state index contributed by atoms with van der Waals surface area (Å²) in [6.45, 7) is 6.96. The van der Waals surface area contributed by atoms with E-state index in [4.69, 9.17) is 23.8 Å². The molecule has 0 spiro atoms. The summed E-state index contributed by atoms with van der Waals surface area (Å²) in [5.74, 6) is 0.455. The zero-order chi connectivity index (χ0) is 30.8. The van der Waals surface area contributed by atoms with Crippen molar-refractivity contribution in [2.45, 2.75) is 39.2 Å². The molecule has 4 aromatic rings. The second kappa shape index (κ2) is 12.8. The van der Waals surface area contributed by atoms with E-state index in [2.05, 4.69) is 52.9 Å². The molecule has 226 valence electrons. The van der Waals surface area contributed by atoms with Crippen molar-refractivity contribution >= 4 is 51.9 Å². The number of carbonyl (C=O) groups excluding carboxylic acids is 1. The maximum atomic E-state index is 13.2. The maximum absolute atomic E-state index is 13.2. The van der Waals surface area contributed by atoms with Gasteiger partial charge in [-0.05, 0) is 110 Å². The molecule has 2 bridgehead atoms. The number of nitrogens with zero attached hydrogens (tertiary/aromatic N) is 2. The summed E-state index contributed by atoms with van der Waals surface area (Å²) >= 11 is 11.8. The maximum Gasteiger partial charge on any atom is 0.251 e. The van der Waals surface area contributed by atoms with Gasteiger partial charge in [0, 0.05) is 60.1 Å². The van der Waals surface area contributed by atoms with E-state index in [1.54, 1.807) is 6.07 Å². The van der Waals surface area contributed by atoms with Crippen molar-refractivity contribution in [3.05, 3.63) is 122 Å². The lowest BCUT2D eigenvalue weighted by Crippen LogP contribution is -2.47. The zero-order valence-corrected chi connectivity index (χ0v) is 26.5. The van der Waals surface area contributed by atoms with Gasteiger partial charge in [0.05, 0.1) is 11.4 Å². The van der Waals surface area contributed by atoms with Crippen LogP contribution in [-0.2, 0) is 13.0 Å². The van der Waals surface area contributed by atoms with E-state index in [0.29, 0.717) is 41.1 Å². The Balaban J connectivity index is 1.23. The first-order chi connectivity index (χ1) is 21.2. The Morgan fingerprint density at radius 1 is 0.932 bits per heavy atom. The molecule has 0 saturated carbocycles. The molecule has 9 heteroatoms. The molecule has 0 radical (unpaired) electrons. The van der Waals surface area contributed by atoms with Gasteiger partial charge in [-0.2, -0.15) is 0 Å². The number of piperidine rings is 1. The number of thiocarbonyl (C=S) groups is 1. The summed E-state index contributed by atoms with van der Waals surface area (Å²) in [5.41, 5.74) is 7.86. The first kappa shape index (κ1) is 29.9. The van der Waals surface area contributed by atoms with Gasteiger partial charge in [0.15, 0.2) is 5.11 Å². The average Bonchev–Trinajstić information content (AvgIpc) is 3.00. The summed E-state index contributed by atoms with van der Waals surface area (Å²) in [4.78, 5) is 28.2. The van der Waals surface area contributed by atoms with E-state index in [0.717, 1.165) is 47.8 Å². The lowest BCUT2D eigenvalue weighted by atomic mass is 9.83. The van der Waals surface area contributed by atoms with Crippen LogP contribution in [0.25, 0.3) is 0 Å². The molecule has 44 heavy (non-hydrogen) atoms. The first-order valence-electron chi connectivity index (χ1n) is 15.0. The SMILES string of the molecule is Cc1ccc(NC(=S)Nc2cc(C(=O)NCCc3ccc(Cl)cc3)ccc2N2C[C@H]3C[C@@H](C2)c2cccc(=O)n2C3)cc1C. The Morgan fingerprint density at radius 2 is 1.75 bits per heavy atom. The van der Waals surface area contributed by atoms with E-state index >= 15 is 0 Å². The zero-order valence-electron chi connectivity index (χ0n) is 24.9. The molecule has 1 fully saturated rings. The second-order valence-electron chi connectivity index (χ2n) is 11.8. The number of fused-ring (bicyclic) bond motifs is 4. The number of halogens is 1. The van der Waals surface area contributed by atoms with Crippen LogP contribution in [0.4, 0.5) is 17.1 Å². The van der Waals surface area contributed by atoms with E-state index in [9.17, 15) is 9.59 Å². The average molecular weight is 626 g/mol. The van der Waals surface area contributed by atoms with E-state index in [1.807, 2.05) is 59.2 Å². The van der Waals surface area contributed by atoms with Crippen molar-refractivity contribution in [1.29, 1.82) is 0 Å². The van der Waals surface area contributed by atoms with E-state index in [-0.39, 0.29) is 17.4 Å². The molecule has 2 aliphatic heterocycles. The predicted molar refractivity (Wildman–Crippen MR) is 183 cm³/mol. The van der Waals surface area contributed by atoms with E-state index < -0.39 is 0 Å². The quantitative estimate of drug-likeness (QED) is 0.203. The van der Waals surface area contributed by atoms with Gasteiger partial charge in [-0.1, -0.05) is 35.9 Å². The molecule has 3 heterocycles. The molecule has 6 rings (SSSR count). The highest BCUT2D eigenvalue weighted by Crippen LogP contribution is 2.39. The molecular weight excluding hydrogens is 590 g/mol.